The van der Waals surface area contributed by atoms with E-state index in [1.807, 2.05) is 0 Å². The van der Waals surface area contributed by atoms with E-state index < -0.39 is 0 Å². The van der Waals surface area contributed by atoms with E-state index in [9.17, 15) is 0 Å². The largest absolute Gasteiger partial charge is 0.314 e. The summed E-state index contributed by atoms with van der Waals surface area (Å²) in [6.07, 6.45) is 4.20. The predicted octanol–water partition coefficient (Wildman–Crippen LogP) is 2.42. The number of hydrogen-bond donors (Lipinski definition) is 1. The Morgan fingerprint density at radius 1 is 1.36 bits per heavy atom. The Morgan fingerprint density at radius 2 is 2.00 bits per heavy atom. The lowest BCUT2D eigenvalue weighted by Gasteiger charge is -2.15. The highest BCUT2D eigenvalue weighted by atomic mass is 14.9. The molecule has 0 amide bonds. The Morgan fingerprint density at radius 3 is 2.45 bits per heavy atom. The summed E-state index contributed by atoms with van der Waals surface area (Å²) in [6.45, 7) is 8.09. The second kappa shape index (κ2) is 4.10. The molecule has 0 spiro atoms. The highest BCUT2D eigenvalue weighted by Gasteiger charge is 2.27. The lowest BCUT2D eigenvalue weighted by Crippen LogP contribution is -2.31. The minimum atomic E-state index is 0.768. The smallest absolute Gasteiger partial charge is 0.00671 e. The average molecular weight is 155 g/mol. The van der Waals surface area contributed by atoms with Crippen LogP contribution >= 0.6 is 0 Å². The van der Waals surface area contributed by atoms with E-state index >= 15 is 0 Å². The molecular formula is C10H21N. The van der Waals surface area contributed by atoms with E-state index in [1.165, 1.54) is 25.8 Å². The van der Waals surface area contributed by atoms with Gasteiger partial charge in [-0.15, -0.1) is 0 Å². The van der Waals surface area contributed by atoms with Gasteiger partial charge >= 0.3 is 0 Å². The maximum Gasteiger partial charge on any atom is 0.00671 e. The minimum Gasteiger partial charge on any atom is -0.314 e. The number of hydrogen-bond acceptors (Lipinski definition) is 1. The molecule has 0 aromatic rings. The number of rotatable bonds is 5. The van der Waals surface area contributed by atoms with Gasteiger partial charge in [0, 0.05) is 6.04 Å². The van der Waals surface area contributed by atoms with Gasteiger partial charge in [-0.05, 0) is 38.1 Å². The van der Waals surface area contributed by atoms with Crippen molar-refractivity contribution >= 4 is 0 Å². The summed E-state index contributed by atoms with van der Waals surface area (Å²) in [5.41, 5.74) is 0. The molecule has 0 bridgehead atoms. The normalized spacial score (nSPS) is 23.2. The zero-order valence-electron chi connectivity index (χ0n) is 8.06. The Balaban J connectivity index is 2.00. The molecular weight excluding hydrogens is 134 g/mol. The van der Waals surface area contributed by atoms with Crippen LogP contribution in [0.1, 0.15) is 40.0 Å². The monoisotopic (exact) mass is 155 g/mol. The van der Waals surface area contributed by atoms with Crippen molar-refractivity contribution in [3.05, 3.63) is 0 Å². The van der Waals surface area contributed by atoms with E-state index in [-0.39, 0.29) is 0 Å². The fourth-order valence-electron chi connectivity index (χ4n) is 1.29. The Labute approximate surface area is 70.6 Å². The summed E-state index contributed by atoms with van der Waals surface area (Å²) < 4.78 is 0. The fraction of sp³-hybridized carbons (Fsp3) is 1.00. The molecule has 0 aliphatic heterocycles. The molecule has 1 fully saturated rings. The second-order valence-corrected chi connectivity index (χ2v) is 4.05. The molecule has 1 saturated carbocycles. The second-order valence-electron chi connectivity index (χ2n) is 4.05. The van der Waals surface area contributed by atoms with Crippen LogP contribution in [0.25, 0.3) is 0 Å². The maximum absolute atomic E-state index is 3.60. The van der Waals surface area contributed by atoms with Gasteiger partial charge in [0.05, 0.1) is 0 Å². The molecule has 66 valence electrons. The molecule has 1 N–H and O–H groups in total. The van der Waals surface area contributed by atoms with Crippen molar-refractivity contribution in [1.82, 2.24) is 5.32 Å². The third kappa shape index (κ3) is 3.24. The summed E-state index contributed by atoms with van der Waals surface area (Å²) >= 11 is 0. The molecule has 0 aromatic carbocycles. The van der Waals surface area contributed by atoms with Crippen LogP contribution < -0.4 is 5.32 Å². The van der Waals surface area contributed by atoms with Crippen LogP contribution in [-0.2, 0) is 0 Å². The van der Waals surface area contributed by atoms with Crippen molar-refractivity contribution in [3.8, 4) is 0 Å². The molecule has 1 rings (SSSR count). The van der Waals surface area contributed by atoms with Crippen LogP contribution in [0.15, 0.2) is 0 Å². The molecule has 2 atom stereocenters. The summed E-state index contributed by atoms with van der Waals surface area (Å²) in [7, 11) is 0. The third-order valence-electron chi connectivity index (χ3n) is 2.81. The predicted molar refractivity (Wildman–Crippen MR) is 49.6 cm³/mol. The van der Waals surface area contributed by atoms with Crippen molar-refractivity contribution in [2.75, 3.05) is 6.54 Å². The summed E-state index contributed by atoms with van der Waals surface area (Å²) in [4.78, 5) is 0. The molecule has 0 aromatic heterocycles. The van der Waals surface area contributed by atoms with Crippen molar-refractivity contribution in [2.45, 2.75) is 46.1 Å². The van der Waals surface area contributed by atoms with E-state index in [1.54, 1.807) is 0 Å². The van der Waals surface area contributed by atoms with Gasteiger partial charge in [-0.3, -0.25) is 0 Å². The highest BCUT2D eigenvalue weighted by Crippen LogP contribution is 2.32. The maximum atomic E-state index is 3.60. The van der Waals surface area contributed by atoms with Crippen molar-refractivity contribution in [3.63, 3.8) is 0 Å². The van der Waals surface area contributed by atoms with Crippen molar-refractivity contribution in [1.29, 1.82) is 0 Å². The topological polar surface area (TPSA) is 12.0 Å². The SMILES string of the molecule is CCC(C)CNC(C)C1CC1. The molecule has 0 radical (unpaired) electrons. The zero-order chi connectivity index (χ0) is 8.27. The Kier molecular flexibility index (Phi) is 3.38. The van der Waals surface area contributed by atoms with Gasteiger partial charge in [-0.25, -0.2) is 0 Å². The first-order valence-corrected chi connectivity index (χ1v) is 4.97. The van der Waals surface area contributed by atoms with E-state index in [2.05, 4.69) is 26.1 Å². The lowest BCUT2D eigenvalue weighted by atomic mass is 10.1. The average Bonchev–Trinajstić information content (AvgIpc) is 2.81. The summed E-state index contributed by atoms with van der Waals surface area (Å²) in [5, 5.41) is 3.60. The van der Waals surface area contributed by atoms with Crippen LogP contribution in [-0.4, -0.2) is 12.6 Å². The quantitative estimate of drug-likeness (QED) is 0.643. The van der Waals surface area contributed by atoms with Crippen molar-refractivity contribution in [2.24, 2.45) is 11.8 Å². The van der Waals surface area contributed by atoms with Gasteiger partial charge in [0.2, 0.25) is 0 Å². The number of nitrogens with one attached hydrogen (secondary N) is 1. The Hall–Kier alpha value is -0.0400. The van der Waals surface area contributed by atoms with Gasteiger partial charge in [0.1, 0.15) is 0 Å². The van der Waals surface area contributed by atoms with E-state index in [0.29, 0.717) is 0 Å². The lowest BCUT2D eigenvalue weighted by molar-refractivity contribution is 0.428. The molecule has 1 aliphatic rings. The van der Waals surface area contributed by atoms with Crippen LogP contribution in [0.3, 0.4) is 0 Å². The molecule has 2 unspecified atom stereocenters. The summed E-state index contributed by atoms with van der Waals surface area (Å²) in [6, 6.07) is 0.768. The van der Waals surface area contributed by atoms with Gasteiger partial charge in [-0.2, -0.15) is 0 Å². The van der Waals surface area contributed by atoms with Gasteiger partial charge in [0.25, 0.3) is 0 Å². The first-order valence-electron chi connectivity index (χ1n) is 4.97. The first kappa shape index (κ1) is 9.05. The molecule has 1 heteroatoms. The van der Waals surface area contributed by atoms with E-state index in [0.717, 1.165) is 17.9 Å². The molecule has 1 nitrogen and oxygen atoms in total. The van der Waals surface area contributed by atoms with Crippen molar-refractivity contribution < 1.29 is 0 Å². The first-order chi connectivity index (χ1) is 5.24. The highest BCUT2D eigenvalue weighted by molar-refractivity contribution is 4.83. The van der Waals surface area contributed by atoms with E-state index in [4.69, 9.17) is 0 Å². The zero-order valence-corrected chi connectivity index (χ0v) is 8.06. The summed E-state index contributed by atoms with van der Waals surface area (Å²) in [5.74, 6) is 1.84. The Bertz CT molecular complexity index is 107. The fourth-order valence-corrected chi connectivity index (χ4v) is 1.29. The van der Waals surface area contributed by atoms with Crippen LogP contribution in [0.4, 0.5) is 0 Å². The molecule has 11 heavy (non-hydrogen) atoms. The minimum absolute atomic E-state index is 0.768. The van der Waals surface area contributed by atoms with Gasteiger partial charge < -0.3 is 5.32 Å². The van der Waals surface area contributed by atoms with Crippen LogP contribution in [0, 0.1) is 11.8 Å². The van der Waals surface area contributed by atoms with Crippen LogP contribution in [0.2, 0.25) is 0 Å². The third-order valence-corrected chi connectivity index (χ3v) is 2.81. The van der Waals surface area contributed by atoms with Gasteiger partial charge in [0.15, 0.2) is 0 Å². The molecule has 0 saturated heterocycles. The standard InChI is InChI=1S/C10H21N/c1-4-8(2)7-11-9(3)10-5-6-10/h8-11H,4-7H2,1-3H3. The van der Waals surface area contributed by atoms with Crippen LogP contribution in [0.5, 0.6) is 0 Å². The molecule has 1 aliphatic carbocycles. The van der Waals surface area contributed by atoms with Gasteiger partial charge in [-0.1, -0.05) is 20.3 Å². The molecule has 0 heterocycles.